The Morgan fingerprint density at radius 2 is 2.20 bits per heavy atom. The maximum Gasteiger partial charge on any atom is 0.231 e. The van der Waals surface area contributed by atoms with Crippen LogP contribution in [0, 0.1) is 0 Å². The van der Waals surface area contributed by atoms with Gasteiger partial charge in [-0.25, -0.2) is 0 Å². The van der Waals surface area contributed by atoms with Gasteiger partial charge < -0.3 is 9.47 Å². The third-order valence-electron chi connectivity index (χ3n) is 2.23. The van der Waals surface area contributed by atoms with Crippen molar-refractivity contribution in [1.29, 1.82) is 0 Å². The zero-order valence-electron chi connectivity index (χ0n) is 7.97. The van der Waals surface area contributed by atoms with Crippen LogP contribution in [0.25, 0.3) is 6.08 Å². The summed E-state index contributed by atoms with van der Waals surface area (Å²) < 4.78 is 10.6. The van der Waals surface area contributed by atoms with Crippen LogP contribution in [-0.4, -0.2) is 18.9 Å². The number of benzene rings is 1. The standard InChI is InChI=1S/C11H9NO2S/c1-2-10-11(14-7-13-10)4-8(1)3-9-5-12-6-15-9/h1-5H,6-7H2. The van der Waals surface area contributed by atoms with Crippen molar-refractivity contribution < 1.29 is 9.47 Å². The van der Waals surface area contributed by atoms with E-state index in [0.717, 1.165) is 22.9 Å². The highest BCUT2D eigenvalue weighted by molar-refractivity contribution is 8.04. The van der Waals surface area contributed by atoms with Gasteiger partial charge in [0.05, 0.1) is 5.88 Å². The van der Waals surface area contributed by atoms with Crippen molar-refractivity contribution in [3.63, 3.8) is 0 Å². The molecule has 0 radical (unpaired) electrons. The van der Waals surface area contributed by atoms with E-state index in [1.54, 1.807) is 11.8 Å². The molecule has 0 unspecified atom stereocenters. The summed E-state index contributed by atoms with van der Waals surface area (Å²) in [7, 11) is 0. The Balaban J connectivity index is 1.93. The van der Waals surface area contributed by atoms with Crippen LogP contribution in [0.2, 0.25) is 0 Å². The number of hydrogen-bond acceptors (Lipinski definition) is 4. The summed E-state index contributed by atoms with van der Waals surface area (Å²) in [6, 6.07) is 5.95. The molecule has 76 valence electrons. The smallest absolute Gasteiger partial charge is 0.231 e. The van der Waals surface area contributed by atoms with Crippen LogP contribution in [0.5, 0.6) is 11.5 Å². The number of nitrogens with zero attached hydrogens (tertiary/aromatic N) is 1. The van der Waals surface area contributed by atoms with Crippen LogP contribution >= 0.6 is 11.8 Å². The van der Waals surface area contributed by atoms with Crippen molar-refractivity contribution >= 4 is 24.1 Å². The van der Waals surface area contributed by atoms with Crippen LogP contribution < -0.4 is 9.47 Å². The molecule has 0 saturated carbocycles. The van der Waals surface area contributed by atoms with Crippen LogP contribution in [0.1, 0.15) is 5.56 Å². The molecule has 3 rings (SSSR count). The van der Waals surface area contributed by atoms with Crippen molar-refractivity contribution in [3.8, 4) is 11.5 Å². The summed E-state index contributed by atoms with van der Waals surface area (Å²) in [6.45, 7) is 0.325. The van der Waals surface area contributed by atoms with Gasteiger partial charge in [0.15, 0.2) is 11.5 Å². The summed E-state index contributed by atoms with van der Waals surface area (Å²) in [4.78, 5) is 5.34. The number of allylic oxidation sites excluding steroid dienone is 1. The van der Waals surface area contributed by atoms with E-state index in [-0.39, 0.29) is 0 Å². The molecular formula is C11H9NO2S. The van der Waals surface area contributed by atoms with Gasteiger partial charge in [-0.1, -0.05) is 6.07 Å². The quantitative estimate of drug-likeness (QED) is 0.727. The second-order valence-corrected chi connectivity index (χ2v) is 4.26. The maximum atomic E-state index is 5.31. The highest BCUT2D eigenvalue weighted by atomic mass is 32.2. The summed E-state index contributed by atoms with van der Waals surface area (Å²) in [5, 5.41) is 0. The second-order valence-electron chi connectivity index (χ2n) is 3.24. The van der Waals surface area contributed by atoms with Crippen molar-refractivity contribution in [2.45, 2.75) is 0 Å². The van der Waals surface area contributed by atoms with E-state index in [1.807, 2.05) is 24.4 Å². The first kappa shape index (κ1) is 8.85. The minimum absolute atomic E-state index is 0.325. The first-order valence-corrected chi connectivity index (χ1v) is 5.64. The van der Waals surface area contributed by atoms with Crippen LogP contribution in [0.15, 0.2) is 28.1 Å². The van der Waals surface area contributed by atoms with Crippen LogP contribution in [-0.2, 0) is 0 Å². The molecule has 0 aliphatic carbocycles. The summed E-state index contributed by atoms with van der Waals surface area (Å²) >= 11 is 1.74. The maximum absolute atomic E-state index is 5.31. The predicted octanol–water partition coefficient (Wildman–Crippen LogP) is 2.53. The lowest BCUT2D eigenvalue weighted by Gasteiger charge is -1.98. The Morgan fingerprint density at radius 3 is 3.07 bits per heavy atom. The van der Waals surface area contributed by atoms with Crippen molar-refractivity contribution in [2.24, 2.45) is 4.99 Å². The van der Waals surface area contributed by atoms with Crippen LogP contribution in [0.4, 0.5) is 0 Å². The molecule has 0 N–H and O–H groups in total. The molecule has 0 atom stereocenters. The summed E-state index contributed by atoms with van der Waals surface area (Å²) in [5.41, 5.74) is 1.12. The monoisotopic (exact) mass is 219 g/mol. The Kier molecular flexibility index (Phi) is 2.14. The van der Waals surface area contributed by atoms with E-state index >= 15 is 0 Å². The van der Waals surface area contributed by atoms with E-state index < -0.39 is 0 Å². The highest BCUT2D eigenvalue weighted by Gasteiger charge is 2.12. The topological polar surface area (TPSA) is 30.8 Å². The predicted molar refractivity (Wildman–Crippen MR) is 61.5 cm³/mol. The number of ether oxygens (including phenoxy) is 2. The zero-order valence-corrected chi connectivity index (χ0v) is 8.79. The van der Waals surface area contributed by atoms with Gasteiger partial charge in [0.25, 0.3) is 0 Å². The number of rotatable bonds is 1. The zero-order chi connectivity index (χ0) is 10.1. The molecule has 2 heterocycles. The minimum atomic E-state index is 0.325. The number of fused-ring (bicyclic) bond motifs is 1. The highest BCUT2D eigenvalue weighted by Crippen LogP contribution is 2.33. The molecule has 0 amide bonds. The normalized spacial score (nSPS) is 20.1. The molecular weight excluding hydrogens is 210 g/mol. The fourth-order valence-corrected chi connectivity index (χ4v) is 2.19. The fourth-order valence-electron chi connectivity index (χ4n) is 1.52. The van der Waals surface area contributed by atoms with E-state index in [1.165, 1.54) is 4.91 Å². The lowest BCUT2D eigenvalue weighted by atomic mass is 10.2. The molecule has 2 aliphatic heterocycles. The second kappa shape index (κ2) is 3.62. The average molecular weight is 219 g/mol. The third-order valence-corrected chi connectivity index (χ3v) is 3.06. The molecule has 3 nitrogen and oxygen atoms in total. The first-order valence-electron chi connectivity index (χ1n) is 4.66. The summed E-state index contributed by atoms with van der Waals surface area (Å²) in [5.74, 6) is 2.48. The number of aliphatic imine (C=N–C) groups is 1. The van der Waals surface area contributed by atoms with Crippen LogP contribution in [0.3, 0.4) is 0 Å². The lowest BCUT2D eigenvalue weighted by molar-refractivity contribution is 0.174. The fraction of sp³-hybridized carbons (Fsp3) is 0.182. The molecule has 1 aromatic rings. The molecule has 0 aromatic heterocycles. The Hall–Kier alpha value is -1.42. The van der Waals surface area contributed by atoms with Gasteiger partial charge in [0.1, 0.15) is 0 Å². The van der Waals surface area contributed by atoms with Gasteiger partial charge in [0.2, 0.25) is 6.79 Å². The SMILES string of the molecule is C1=NCSC1=Cc1ccc2c(c1)OCO2. The van der Waals surface area contributed by atoms with Crippen molar-refractivity contribution in [3.05, 3.63) is 28.7 Å². The molecule has 0 saturated heterocycles. The van der Waals surface area contributed by atoms with Gasteiger partial charge in [-0.15, -0.1) is 11.8 Å². The van der Waals surface area contributed by atoms with Gasteiger partial charge in [0, 0.05) is 11.1 Å². The van der Waals surface area contributed by atoms with E-state index in [4.69, 9.17) is 9.47 Å². The Labute approximate surface area is 91.8 Å². The van der Waals surface area contributed by atoms with E-state index in [2.05, 4.69) is 11.1 Å². The van der Waals surface area contributed by atoms with Gasteiger partial charge in [-0.05, 0) is 23.8 Å². The van der Waals surface area contributed by atoms with Crippen molar-refractivity contribution in [1.82, 2.24) is 0 Å². The molecule has 0 fully saturated rings. The average Bonchev–Trinajstić information content (AvgIpc) is 2.87. The van der Waals surface area contributed by atoms with Gasteiger partial charge >= 0.3 is 0 Å². The van der Waals surface area contributed by atoms with Gasteiger partial charge in [-0.3, -0.25) is 4.99 Å². The molecule has 0 bridgehead atoms. The molecule has 15 heavy (non-hydrogen) atoms. The third kappa shape index (κ3) is 1.72. The summed E-state index contributed by atoms with van der Waals surface area (Å²) in [6.07, 6.45) is 4.00. The van der Waals surface area contributed by atoms with Crippen molar-refractivity contribution in [2.75, 3.05) is 12.7 Å². The Morgan fingerprint density at radius 1 is 1.27 bits per heavy atom. The van der Waals surface area contributed by atoms with E-state index in [9.17, 15) is 0 Å². The minimum Gasteiger partial charge on any atom is -0.454 e. The molecule has 4 heteroatoms. The van der Waals surface area contributed by atoms with Gasteiger partial charge in [-0.2, -0.15) is 0 Å². The van der Waals surface area contributed by atoms with E-state index in [0.29, 0.717) is 6.79 Å². The number of hydrogen-bond donors (Lipinski definition) is 0. The lowest BCUT2D eigenvalue weighted by Crippen LogP contribution is -1.92. The molecule has 1 aromatic carbocycles. The largest absolute Gasteiger partial charge is 0.454 e. The molecule has 2 aliphatic rings. The number of thioether (sulfide) groups is 1. The Bertz CT molecular complexity index is 454. The molecule has 0 spiro atoms. The first-order chi connectivity index (χ1) is 7.42.